The van der Waals surface area contributed by atoms with Crippen molar-refractivity contribution in [2.75, 3.05) is 0 Å². The van der Waals surface area contributed by atoms with E-state index in [0.29, 0.717) is 0 Å². The van der Waals surface area contributed by atoms with Crippen molar-refractivity contribution in [3.05, 3.63) is 0 Å². The third kappa shape index (κ3) is 293. The van der Waals surface area contributed by atoms with Gasteiger partial charge in [-0.1, -0.05) is 0 Å². The summed E-state index contributed by atoms with van der Waals surface area (Å²) >= 11 is 0. The van der Waals surface area contributed by atoms with Crippen LogP contribution in [0, 0.1) is 0 Å². The Hall–Kier alpha value is 1.54. The maximum absolute atomic E-state index is 0. The van der Waals surface area contributed by atoms with Gasteiger partial charge in [-0.05, 0) is 0 Å². The molecule has 8 nitrogen and oxygen atoms in total. The molecule has 0 aromatic heterocycles. The van der Waals surface area contributed by atoms with Gasteiger partial charge >= 0.3 is 48.9 Å². The van der Waals surface area contributed by atoms with E-state index in [-0.39, 0.29) is 105 Å². The van der Waals surface area contributed by atoms with Gasteiger partial charge in [0, 0.05) is 0 Å². The van der Waals surface area contributed by atoms with Gasteiger partial charge in [-0.2, -0.15) is 0 Å². The average Bonchev–Trinajstić information content (AvgIpc) is 0. The fourth-order valence-electron chi connectivity index (χ4n) is 0. The molecule has 0 aliphatic carbocycles. The van der Waals surface area contributed by atoms with Crippen molar-refractivity contribution in [2.45, 2.75) is 0 Å². The van der Waals surface area contributed by atoms with Gasteiger partial charge in [0.05, 0.1) is 0 Å². The number of hydrogen-bond donors (Lipinski definition) is 0. The van der Waals surface area contributed by atoms with Crippen molar-refractivity contribution in [1.82, 2.24) is 0 Å². The van der Waals surface area contributed by atoms with Gasteiger partial charge in [0.15, 0.2) is 0 Å². The van der Waals surface area contributed by atoms with Crippen LogP contribution in [0.15, 0.2) is 0 Å². The van der Waals surface area contributed by atoms with Gasteiger partial charge in [-0.25, -0.2) is 0 Å². The molecule has 0 spiro atoms. The first kappa shape index (κ1) is 540. The topological polar surface area (TPSA) is 252 Å². The minimum absolute atomic E-state index is 0. The molecular formula is H19BaClO8. The van der Waals surface area contributed by atoms with E-state index in [4.69, 9.17) is 0 Å². The summed E-state index contributed by atoms with van der Waals surface area (Å²) in [7, 11) is 0. The third-order valence-electron chi connectivity index (χ3n) is 0. The zero-order valence-electron chi connectivity index (χ0n) is 4.41. The summed E-state index contributed by atoms with van der Waals surface area (Å²) in [6, 6.07) is 0. The van der Waals surface area contributed by atoms with E-state index in [9.17, 15) is 0 Å². The second-order valence-corrected chi connectivity index (χ2v) is 0. The molecule has 0 aromatic carbocycles. The minimum atomic E-state index is 0. The molecule has 16 N–H and O–H groups in total. The van der Waals surface area contributed by atoms with E-state index in [0.717, 1.165) is 0 Å². The van der Waals surface area contributed by atoms with E-state index in [2.05, 4.69) is 0 Å². The molecule has 10 heteroatoms. The zero-order valence-corrected chi connectivity index (χ0v) is 5.22. The Kier molecular flexibility index (Phi) is 21800. The Labute approximate surface area is 104 Å². The van der Waals surface area contributed by atoms with Gasteiger partial charge in [0.1, 0.15) is 0 Å². The Morgan fingerprint density at radius 1 is 0.300 bits per heavy atom. The van der Waals surface area contributed by atoms with E-state index in [1.165, 1.54) is 0 Å². The van der Waals surface area contributed by atoms with Crippen LogP contribution in [0.2, 0.25) is 0 Å². The van der Waals surface area contributed by atoms with Gasteiger partial charge in [-0.15, -0.1) is 12.4 Å². The summed E-state index contributed by atoms with van der Waals surface area (Å²) in [4.78, 5) is 0. The number of halogens is 1. The second-order valence-electron chi connectivity index (χ2n) is 0. The molecule has 0 unspecified atom stereocenters. The summed E-state index contributed by atoms with van der Waals surface area (Å²) in [5.74, 6) is 0. The number of hydrogen-bond acceptors (Lipinski definition) is 0. The van der Waals surface area contributed by atoms with Crippen LogP contribution in [-0.2, 0) is 0 Å². The van der Waals surface area contributed by atoms with Crippen LogP contribution in [-0.4, -0.2) is 92.7 Å². The van der Waals surface area contributed by atoms with Gasteiger partial charge < -0.3 is 43.8 Å². The molecule has 0 bridgehead atoms. The van der Waals surface area contributed by atoms with Crippen molar-refractivity contribution >= 4 is 61.3 Å². The monoisotopic (exact) mass is 320 g/mol. The van der Waals surface area contributed by atoms with E-state index < -0.39 is 0 Å². The predicted octanol–water partition coefficient (Wildman–Crippen LogP) is -7.09. The molecule has 0 radical (unpaired) electrons. The maximum atomic E-state index is 0. The molecule has 0 aliphatic rings. The molecule has 0 fully saturated rings. The molecule has 0 heterocycles. The van der Waals surface area contributed by atoms with Crippen LogP contribution in [0.1, 0.15) is 0 Å². The molecule has 0 rings (SSSR count). The van der Waals surface area contributed by atoms with Gasteiger partial charge in [-0.3, -0.25) is 0 Å². The average molecular weight is 320 g/mol. The van der Waals surface area contributed by atoms with E-state index >= 15 is 0 Å². The Morgan fingerprint density at radius 3 is 0.300 bits per heavy atom. The molecule has 76 valence electrons. The van der Waals surface area contributed by atoms with Gasteiger partial charge in [0.2, 0.25) is 0 Å². The molecule has 10 heavy (non-hydrogen) atoms. The summed E-state index contributed by atoms with van der Waals surface area (Å²) in [5, 5.41) is 0. The van der Waals surface area contributed by atoms with Crippen LogP contribution in [0.5, 0.6) is 0 Å². The molecule has 0 saturated heterocycles. The van der Waals surface area contributed by atoms with Crippen LogP contribution in [0.4, 0.5) is 0 Å². The summed E-state index contributed by atoms with van der Waals surface area (Å²) < 4.78 is 0. The Balaban J connectivity index is 0. The van der Waals surface area contributed by atoms with E-state index in [1.54, 1.807) is 0 Å². The number of rotatable bonds is 0. The summed E-state index contributed by atoms with van der Waals surface area (Å²) in [6.07, 6.45) is 0. The normalized spacial score (nSPS) is 0. The SMILES string of the molecule is Cl.O.O.O.O.O.O.O.O.[BaH2]. The summed E-state index contributed by atoms with van der Waals surface area (Å²) in [5.41, 5.74) is 0. The fraction of sp³-hybridized carbons (Fsp3) is 0. The predicted molar refractivity (Wildman–Crippen MR) is 44.7 cm³/mol. The molecular weight excluding hydrogens is 301 g/mol. The van der Waals surface area contributed by atoms with Crippen molar-refractivity contribution in [3.8, 4) is 0 Å². The van der Waals surface area contributed by atoms with Crippen LogP contribution in [0.25, 0.3) is 0 Å². The summed E-state index contributed by atoms with van der Waals surface area (Å²) in [6.45, 7) is 0. The van der Waals surface area contributed by atoms with Crippen molar-refractivity contribution in [2.24, 2.45) is 0 Å². The molecule has 0 saturated carbocycles. The first-order valence-corrected chi connectivity index (χ1v) is 0. The standard InChI is InChI=1S/Ba.ClH.8H2O.2H/h;1H;8*1H2;;. The van der Waals surface area contributed by atoms with Crippen LogP contribution >= 0.6 is 12.4 Å². The first-order chi connectivity index (χ1) is 0. The quantitative estimate of drug-likeness (QED) is 0.377. The molecule has 0 atom stereocenters. The van der Waals surface area contributed by atoms with E-state index in [1.807, 2.05) is 0 Å². The second kappa shape index (κ2) is 404. The Morgan fingerprint density at radius 2 is 0.300 bits per heavy atom. The third-order valence-corrected chi connectivity index (χ3v) is 0. The molecule has 0 amide bonds. The van der Waals surface area contributed by atoms with Crippen LogP contribution in [0.3, 0.4) is 0 Å². The fourth-order valence-corrected chi connectivity index (χ4v) is 0. The Bertz CT molecular complexity index is 9.22. The molecule has 0 aromatic rings. The van der Waals surface area contributed by atoms with Crippen molar-refractivity contribution in [1.29, 1.82) is 0 Å². The van der Waals surface area contributed by atoms with Crippen LogP contribution < -0.4 is 0 Å². The zero-order chi connectivity index (χ0) is 0. The first-order valence-electron chi connectivity index (χ1n) is 0. The molecule has 0 aliphatic heterocycles. The van der Waals surface area contributed by atoms with Crippen molar-refractivity contribution < 1.29 is 43.8 Å². The van der Waals surface area contributed by atoms with Crippen molar-refractivity contribution in [3.63, 3.8) is 0 Å². The van der Waals surface area contributed by atoms with Gasteiger partial charge in [0.25, 0.3) is 0 Å².